The molecule has 10 heteroatoms. The van der Waals surface area contributed by atoms with Crippen molar-refractivity contribution in [2.45, 2.75) is 65.1 Å². The lowest BCUT2D eigenvalue weighted by atomic mass is 10.0. The zero-order valence-corrected chi connectivity index (χ0v) is 27.7. The molecule has 0 spiro atoms. The zero-order chi connectivity index (χ0) is 30.9. The number of amides is 2. The van der Waals surface area contributed by atoms with Gasteiger partial charge in [-0.1, -0.05) is 83.0 Å². The smallest absolute Gasteiger partial charge is 0.243 e. The van der Waals surface area contributed by atoms with Crippen LogP contribution in [0.15, 0.2) is 77.3 Å². The number of hydrogen-bond donors (Lipinski definition) is 1. The first-order valence-corrected chi connectivity index (χ1v) is 17.0. The molecule has 0 bridgehead atoms. The lowest BCUT2D eigenvalue weighted by Crippen LogP contribution is -2.52. The van der Waals surface area contributed by atoms with Gasteiger partial charge in [-0.3, -0.25) is 13.9 Å². The Bertz CT molecular complexity index is 1470. The molecule has 7 nitrogen and oxygen atoms in total. The van der Waals surface area contributed by atoms with Crippen molar-refractivity contribution >= 4 is 55.1 Å². The first-order valence-electron chi connectivity index (χ1n) is 14.0. The van der Waals surface area contributed by atoms with Crippen LogP contribution >= 0.6 is 27.5 Å². The number of halogens is 2. The standard InChI is InChI=1S/C32H39BrClN3O4S/c1-5-23(2)35-32(39)30(21-25-12-7-6-8-13-25)36(22-26-14-9-15-27(33)20-26)31(38)18-11-19-37(42(4,40)41)29-17-10-16-28(34)24(29)3/h6-10,12-17,20,23,30H,5,11,18-19,21-22H2,1-4H3,(H,35,39)/t23-,30+/m0/s1. The Morgan fingerprint density at radius 1 is 1.00 bits per heavy atom. The highest BCUT2D eigenvalue weighted by Gasteiger charge is 2.31. The molecule has 0 aliphatic heterocycles. The number of anilines is 1. The molecule has 1 N–H and O–H groups in total. The van der Waals surface area contributed by atoms with E-state index >= 15 is 0 Å². The minimum absolute atomic E-state index is 0.0529. The van der Waals surface area contributed by atoms with Gasteiger partial charge in [0.15, 0.2) is 0 Å². The fourth-order valence-electron chi connectivity index (χ4n) is 4.68. The van der Waals surface area contributed by atoms with E-state index < -0.39 is 16.1 Å². The number of carbonyl (C=O) groups is 2. The molecular formula is C32H39BrClN3O4S. The van der Waals surface area contributed by atoms with Gasteiger partial charge in [-0.25, -0.2) is 8.42 Å². The van der Waals surface area contributed by atoms with E-state index in [1.54, 1.807) is 30.0 Å². The second kappa shape index (κ2) is 15.5. The summed E-state index contributed by atoms with van der Waals surface area (Å²) in [7, 11) is -3.64. The van der Waals surface area contributed by atoms with Gasteiger partial charge in [0.25, 0.3) is 0 Å². The quantitative estimate of drug-likeness (QED) is 0.211. The van der Waals surface area contributed by atoms with Gasteiger partial charge in [-0.05, 0) is 67.6 Å². The number of hydrogen-bond acceptors (Lipinski definition) is 4. The van der Waals surface area contributed by atoms with Crippen LogP contribution in [0, 0.1) is 6.92 Å². The first kappa shape index (κ1) is 33.6. The molecule has 226 valence electrons. The molecule has 0 aromatic heterocycles. The first-order chi connectivity index (χ1) is 19.9. The van der Waals surface area contributed by atoms with Crippen LogP contribution in [-0.4, -0.2) is 50.0 Å². The molecule has 0 saturated carbocycles. The second-order valence-electron chi connectivity index (χ2n) is 10.5. The van der Waals surface area contributed by atoms with Crippen molar-refractivity contribution in [1.29, 1.82) is 0 Å². The highest BCUT2D eigenvalue weighted by molar-refractivity contribution is 9.10. The predicted octanol–water partition coefficient (Wildman–Crippen LogP) is 6.51. The van der Waals surface area contributed by atoms with Gasteiger partial charge >= 0.3 is 0 Å². The van der Waals surface area contributed by atoms with Gasteiger partial charge in [0.1, 0.15) is 6.04 Å². The third-order valence-corrected chi connectivity index (χ3v) is 9.26. The molecule has 2 atom stereocenters. The highest BCUT2D eigenvalue weighted by Crippen LogP contribution is 2.28. The van der Waals surface area contributed by atoms with Crippen LogP contribution in [0.4, 0.5) is 5.69 Å². The van der Waals surface area contributed by atoms with Gasteiger partial charge < -0.3 is 10.2 Å². The minimum atomic E-state index is -3.64. The number of rotatable bonds is 14. The van der Waals surface area contributed by atoms with Crippen LogP contribution in [-0.2, 0) is 32.6 Å². The molecular weight excluding hydrogens is 638 g/mol. The van der Waals surface area contributed by atoms with E-state index in [9.17, 15) is 18.0 Å². The number of benzene rings is 3. The minimum Gasteiger partial charge on any atom is -0.352 e. The Kier molecular flexibility index (Phi) is 12.4. The predicted molar refractivity (Wildman–Crippen MR) is 174 cm³/mol. The van der Waals surface area contributed by atoms with E-state index in [4.69, 9.17) is 11.6 Å². The summed E-state index contributed by atoms with van der Waals surface area (Å²) >= 11 is 9.78. The maximum atomic E-state index is 14.0. The average Bonchev–Trinajstić information content (AvgIpc) is 2.94. The summed E-state index contributed by atoms with van der Waals surface area (Å²) in [6.45, 7) is 6.03. The number of nitrogens with one attached hydrogen (secondary N) is 1. The summed E-state index contributed by atoms with van der Waals surface area (Å²) in [6, 6.07) is 21.6. The van der Waals surface area contributed by atoms with Gasteiger partial charge in [-0.2, -0.15) is 0 Å². The Balaban J connectivity index is 1.91. The van der Waals surface area contributed by atoms with Gasteiger partial charge in [0, 0.05) is 41.5 Å². The van der Waals surface area contributed by atoms with Crippen LogP contribution in [0.25, 0.3) is 0 Å². The van der Waals surface area contributed by atoms with Crippen molar-refractivity contribution in [2.75, 3.05) is 17.1 Å². The summed E-state index contributed by atoms with van der Waals surface area (Å²) < 4.78 is 27.6. The van der Waals surface area contributed by atoms with E-state index in [0.717, 1.165) is 28.3 Å². The zero-order valence-electron chi connectivity index (χ0n) is 24.5. The summed E-state index contributed by atoms with van der Waals surface area (Å²) in [5.74, 6) is -0.449. The maximum absolute atomic E-state index is 14.0. The average molecular weight is 677 g/mol. The van der Waals surface area contributed by atoms with Crippen molar-refractivity contribution in [3.05, 3.63) is 99.0 Å². The SMILES string of the molecule is CC[C@H](C)NC(=O)[C@@H](Cc1ccccc1)N(Cc1cccc(Br)c1)C(=O)CCCN(c1cccc(Cl)c1C)S(C)(=O)=O. The van der Waals surface area contributed by atoms with Gasteiger partial charge in [0.2, 0.25) is 21.8 Å². The van der Waals surface area contributed by atoms with E-state index in [0.29, 0.717) is 22.7 Å². The highest BCUT2D eigenvalue weighted by atomic mass is 79.9. The number of sulfonamides is 1. The monoisotopic (exact) mass is 675 g/mol. The molecule has 0 unspecified atom stereocenters. The Labute approximate surface area is 263 Å². The second-order valence-corrected chi connectivity index (χ2v) is 13.7. The Hall–Kier alpha value is -2.88. The number of carbonyl (C=O) groups excluding carboxylic acids is 2. The molecule has 42 heavy (non-hydrogen) atoms. The third-order valence-electron chi connectivity index (χ3n) is 7.17. The molecule has 0 saturated heterocycles. The maximum Gasteiger partial charge on any atom is 0.243 e. The third kappa shape index (κ3) is 9.57. The summed E-state index contributed by atoms with van der Waals surface area (Å²) in [5, 5.41) is 3.53. The van der Waals surface area contributed by atoms with Crippen LogP contribution in [0.5, 0.6) is 0 Å². The topological polar surface area (TPSA) is 86.8 Å². The molecule has 3 aromatic rings. The molecule has 2 amide bonds. The lowest BCUT2D eigenvalue weighted by Gasteiger charge is -2.33. The van der Waals surface area contributed by atoms with E-state index in [1.807, 2.05) is 68.4 Å². The van der Waals surface area contributed by atoms with Crippen LogP contribution < -0.4 is 9.62 Å². The largest absolute Gasteiger partial charge is 0.352 e. The molecule has 0 radical (unpaired) electrons. The molecule has 0 aliphatic carbocycles. The summed E-state index contributed by atoms with van der Waals surface area (Å²) in [5.41, 5.74) is 2.95. The van der Waals surface area contributed by atoms with Crippen molar-refractivity contribution in [1.82, 2.24) is 10.2 Å². The molecule has 0 aliphatic rings. The van der Waals surface area contributed by atoms with Crippen molar-refractivity contribution in [2.24, 2.45) is 0 Å². The van der Waals surface area contributed by atoms with Crippen LogP contribution in [0.1, 0.15) is 49.8 Å². The van der Waals surface area contributed by atoms with Crippen molar-refractivity contribution in [3.8, 4) is 0 Å². The number of nitrogens with zero attached hydrogens (tertiary/aromatic N) is 2. The van der Waals surface area contributed by atoms with Crippen LogP contribution in [0.2, 0.25) is 5.02 Å². The summed E-state index contributed by atoms with van der Waals surface area (Å²) in [4.78, 5) is 29.3. The Morgan fingerprint density at radius 2 is 1.67 bits per heavy atom. The fraction of sp³-hybridized carbons (Fsp3) is 0.375. The van der Waals surface area contributed by atoms with Crippen LogP contribution in [0.3, 0.4) is 0 Å². The lowest BCUT2D eigenvalue weighted by molar-refractivity contribution is -0.141. The summed E-state index contributed by atoms with van der Waals surface area (Å²) in [6.07, 6.45) is 2.57. The van der Waals surface area contributed by atoms with Gasteiger partial charge in [0.05, 0.1) is 11.9 Å². The fourth-order valence-corrected chi connectivity index (χ4v) is 6.31. The van der Waals surface area contributed by atoms with E-state index in [1.165, 1.54) is 4.31 Å². The Morgan fingerprint density at radius 3 is 2.31 bits per heavy atom. The van der Waals surface area contributed by atoms with Gasteiger partial charge in [-0.15, -0.1) is 0 Å². The molecule has 3 aromatic carbocycles. The van der Waals surface area contributed by atoms with Crippen molar-refractivity contribution in [3.63, 3.8) is 0 Å². The molecule has 0 heterocycles. The van der Waals surface area contributed by atoms with E-state index in [2.05, 4.69) is 21.2 Å². The van der Waals surface area contributed by atoms with Crippen molar-refractivity contribution < 1.29 is 18.0 Å². The molecule has 0 fully saturated rings. The molecule has 3 rings (SSSR count). The van der Waals surface area contributed by atoms with E-state index in [-0.39, 0.29) is 43.8 Å². The normalized spacial score (nSPS) is 12.8.